The molecule has 1 aromatic carbocycles. The Balaban J connectivity index is 0.00000256. The number of ketones is 1. The van der Waals surface area contributed by atoms with E-state index < -0.39 is 5.78 Å². The van der Waals surface area contributed by atoms with E-state index in [1.807, 2.05) is 0 Å². The van der Waals surface area contributed by atoms with Gasteiger partial charge < -0.3 is 4.79 Å². The summed E-state index contributed by atoms with van der Waals surface area (Å²) in [5.41, 5.74) is 0.727. The number of benzene rings is 1. The maximum atomic E-state index is 11.7. The number of hydrogen-bond donors (Lipinski definition) is 0. The van der Waals surface area contributed by atoms with E-state index >= 15 is 0 Å². The summed E-state index contributed by atoms with van der Waals surface area (Å²) in [5.74, 6) is 0.496. The van der Waals surface area contributed by atoms with Crippen LogP contribution in [0.4, 0.5) is 0 Å². The summed E-state index contributed by atoms with van der Waals surface area (Å²) >= 11 is 0. The zero-order valence-electron chi connectivity index (χ0n) is 8.93. The monoisotopic (exact) mass is 296 g/mol. The molecule has 0 saturated carbocycles. The number of Topliss-reactive ketones (excluding diaryl/α,β-unsaturated/α-hetero) is 1. The van der Waals surface area contributed by atoms with Gasteiger partial charge in [-0.15, -0.1) is 12.4 Å². The molecule has 0 spiro atoms. The molecule has 0 unspecified atom stereocenters. The van der Waals surface area contributed by atoms with Gasteiger partial charge in [0, 0.05) is 32.7 Å². The van der Waals surface area contributed by atoms with Gasteiger partial charge in [-0.1, -0.05) is 5.56 Å². The number of hydrogen-bond acceptors (Lipinski definition) is 3. The van der Waals surface area contributed by atoms with Crippen LogP contribution < -0.4 is 0 Å². The van der Waals surface area contributed by atoms with Crippen molar-refractivity contribution in [2.75, 3.05) is 0 Å². The van der Waals surface area contributed by atoms with Gasteiger partial charge >= 0.3 is 0 Å². The fraction of sp³-hybridized carbons (Fsp3) is 0.0833. The van der Waals surface area contributed by atoms with E-state index in [1.165, 1.54) is 18.2 Å². The van der Waals surface area contributed by atoms with Crippen LogP contribution in [-0.4, -0.2) is 19.9 Å². The molecule has 3 nitrogen and oxygen atoms in total. The predicted molar refractivity (Wildman–Crippen MR) is 58.5 cm³/mol. The van der Waals surface area contributed by atoms with Crippen LogP contribution in [-0.2, 0) is 43.9 Å². The normalized spacial score (nSPS) is 9.94. The third kappa shape index (κ3) is 4.38. The van der Waals surface area contributed by atoms with Crippen LogP contribution in [0, 0.1) is 17.4 Å². The minimum Gasteiger partial charge on any atom is -0.542 e. The number of carbonyl (C=O) groups excluding carboxylic acids is 2. The van der Waals surface area contributed by atoms with Crippen molar-refractivity contribution < 1.29 is 42.3 Å². The average Bonchev–Trinajstić information content (AvgIpc) is 2.31. The molecule has 0 N–H and O–H groups in total. The Hall–Kier alpha value is -1.04. The van der Waals surface area contributed by atoms with Crippen molar-refractivity contribution in [2.45, 2.75) is 6.42 Å². The van der Waals surface area contributed by atoms with Crippen LogP contribution in [0.1, 0.15) is 15.9 Å². The third-order valence-corrected chi connectivity index (χ3v) is 1.92. The largest absolute Gasteiger partial charge is 0.542 e. The standard InChI is InChI=1S/C12H6BNO2.Y/c13-7-11(8-14)12(16)10-3-1-2-9(6-10)4-5-15;/h1,3,6-7H,4H2;/q-2;. The second-order valence-corrected chi connectivity index (χ2v) is 2.94. The summed E-state index contributed by atoms with van der Waals surface area (Å²) in [6, 6.07) is 9.02. The summed E-state index contributed by atoms with van der Waals surface area (Å²) in [6.45, 7) is 0. The van der Waals surface area contributed by atoms with Crippen molar-refractivity contribution in [2.24, 2.45) is 0 Å². The van der Waals surface area contributed by atoms with E-state index in [0.717, 1.165) is 5.98 Å². The number of nitriles is 1. The molecule has 0 atom stereocenters. The smallest absolute Gasteiger partial charge is 0.178 e. The maximum Gasteiger partial charge on any atom is 0.178 e. The van der Waals surface area contributed by atoms with Crippen molar-refractivity contribution in [1.82, 2.24) is 0 Å². The van der Waals surface area contributed by atoms with Gasteiger partial charge in [0.2, 0.25) is 0 Å². The van der Waals surface area contributed by atoms with Crippen molar-refractivity contribution in [1.29, 1.82) is 5.26 Å². The summed E-state index contributed by atoms with van der Waals surface area (Å²) in [7, 11) is 5.14. The Morgan fingerprint density at radius 1 is 1.65 bits per heavy atom. The predicted octanol–water partition coefficient (Wildman–Crippen LogP) is 0.895. The van der Waals surface area contributed by atoms with Crippen LogP contribution in [0.3, 0.4) is 0 Å². The van der Waals surface area contributed by atoms with Crippen LogP contribution in [0.25, 0.3) is 0 Å². The van der Waals surface area contributed by atoms with E-state index in [2.05, 4.69) is 6.07 Å². The first-order chi connectivity index (χ1) is 7.72. The van der Waals surface area contributed by atoms with Gasteiger partial charge in [0.15, 0.2) is 5.78 Å². The van der Waals surface area contributed by atoms with E-state index in [-0.39, 0.29) is 44.7 Å². The summed E-state index contributed by atoms with van der Waals surface area (Å²) < 4.78 is 0. The first-order valence-electron chi connectivity index (χ1n) is 4.45. The molecule has 1 aromatic rings. The molecule has 5 heteroatoms. The maximum absolute atomic E-state index is 11.7. The van der Waals surface area contributed by atoms with Crippen molar-refractivity contribution in [3.63, 3.8) is 0 Å². The Morgan fingerprint density at radius 2 is 2.35 bits per heavy atom. The van der Waals surface area contributed by atoms with Crippen LogP contribution >= 0.6 is 0 Å². The minimum atomic E-state index is -0.467. The minimum absolute atomic E-state index is 0. The van der Waals surface area contributed by atoms with Crippen molar-refractivity contribution in [3.8, 4) is 6.07 Å². The van der Waals surface area contributed by atoms with E-state index in [0.29, 0.717) is 11.1 Å². The third-order valence-electron chi connectivity index (χ3n) is 1.92. The summed E-state index contributed by atoms with van der Waals surface area (Å²) in [6.07, 6.45) is 1.78. The fourth-order valence-electron chi connectivity index (χ4n) is 1.16. The molecule has 0 heterocycles. The van der Waals surface area contributed by atoms with Crippen LogP contribution in [0.5, 0.6) is 0 Å². The Labute approximate surface area is 126 Å². The van der Waals surface area contributed by atoms with Gasteiger partial charge in [-0.05, 0) is 0 Å². The second-order valence-electron chi connectivity index (χ2n) is 2.94. The summed E-state index contributed by atoms with van der Waals surface area (Å²) in [5, 5.41) is 8.64. The number of allylic oxidation sites excluding steroid dienone is 1. The van der Waals surface area contributed by atoms with Gasteiger partial charge in [-0.25, -0.2) is 0 Å². The van der Waals surface area contributed by atoms with Gasteiger partial charge in [-0.3, -0.25) is 11.1 Å². The molecule has 0 aromatic heterocycles. The van der Waals surface area contributed by atoms with Gasteiger partial charge in [0.1, 0.15) is 13.9 Å². The molecule has 17 heavy (non-hydrogen) atoms. The zero-order valence-corrected chi connectivity index (χ0v) is 11.8. The van der Waals surface area contributed by atoms with Crippen LogP contribution in [0.15, 0.2) is 29.7 Å². The molecule has 0 amide bonds. The van der Waals surface area contributed by atoms with E-state index in [1.54, 1.807) is 12.4 Å². The Kier molecular flexibility index (Phi) is 7.61. The molecule has 1 rings (SSSR count). The molecular formula is C12H6BNO2Y-2. The molecule has 0 aliphatic heterocycles. The van der Waals surface area contributed by atoms with Crippen molar-refractivity contribution >= 4 is 19.9 Å². The van der Waals surface area contributed by atoms with Gasteiger partial charge in [0.25, 0.3) is 0 Å². The van der Waals surface area contributed by atoms with Crippen molar-refractivity contribution in [3.05, 3.63) is 46.9 Å². The first-order valence-corrected chi connectivity index (χ1v) is 4.45. The molecule has 0 bridgehead atoms. The first kappa shape index (κ1) is 16.0. The molecule has 0 fully saturated rings. The topological polar surface area (TPSA) is 57.9 Å². The molecule has 0 saturated heterocycles. The van der Waals surface area contributed by atoms with E-state index in [4.69, 9.17) is 13.1 Å². The molecule has 3 radical (unpaired) electrons. The molecule has 79 valence electrons. The number of nitrogens with zero attached hydrogens (tertiary/aromatic N) is 1. The quantitative estimate of drug-likeness (QED) is 0.273. The zero-order chi connectivity index (χ0) is 12.0. The fourth-order valence-corrected chi connectivity index (χ4v) is 1.16. The average molecular weight is 296 g/mol. The Morgan fingerprint density at radius 3 is 2.88 bits per heavy atom. The van der Waals surface area contributed by atoms with Gasteiger partial charge in [-0.2, -0.15) is 35.1 Å². The van der Waals surface area contributed by atoms with E-state index in [9.17, 15) is 9.59 Å². The summed E-state index contributed by atoms with van der Waals surface area (Å²) in [4.78, 5) is 21.9. The SMILES string of the molecule is [B]C=C(C#N)C(=O)c1cc[c-]c(C[C-]=O)c1.[Y]. The molecular weight excluding hydrogens is 290 g/mol. The Bertz CT molecular complexity index is 492. The molecule has 0 aliphatic carbocycles. The second kappa shape index (κ2) is 8.11. The number of rotatable bonds is 4. The number of carbonyl (C=O) groups is 1. The molecule has 0 aliphatic rings. The van der Waals surface area contributed by atoms with Gasteiger partial charge in [0.05, 0.1) is 5.57 Å². The van der Waals surface area contributed by atoms with Crippen LogP contribution in [0.2, 0.25) is 0 Å².